The highest BCUT2D eigenvalue weighted by Crippen LogP contribution is 2.26. The van der Waals surface area contributed by atoms with Gasteiger partial charge in [-0.05, 0) is 50.0 Å². The molecular formula is C30H41ClN2O7. The molecular weight excluding hydrogens is 536 g/mol. The highest BCUT2D eigenvalue weighted by atomic mass is 35.5. The summed E-state index contributed by atoms with van der Waals surface area (Å²) < 4.78 is 16.6. The fraction of sp³-hybridized carbons (Fsp3) is 0.533. The molecule has 0 saturated heterocycles. The standard InChI is InChI=1S/C30H41ClN2O7/c1-8-19(4)23-10-9-11-26(34)33-22(16-20-12-13-24(38-7)21(31)15-20)27(35)32-17-30(5,6)29(37)40-25(14-18(2)3)28(36)39-23/h8-9,11-13,15,18-19,22-23,25H,1,10,14,16-17H2,2-7H3,(H,32,35)(H,33,34)/t19-,22+,23+,25+/m1/s1. The number of halogens is 1. The summed E-state index contributed by atoms with van der Waals surface area (Å²) in [6.45, 7) is 12.6. The number of nitrogens with one attached hydrogen (secondary N) is 2. The summed E-state index contributed by atoms with van der Waals surface area (Å²) in [7, 11) is 1.50. The molecule has 1 aliphatic rings. The number of carbonyl (C=O) groups excluding carboxylic acids is 4. The Morgan fingerprint density at radius 3 is 2.48 bits per heavy atom. The first-order valence-electron chi connectivity index (χ1n) is 13.4. The van der Waals surface area contributed by atoms with Gasteiger partial charge in [-0.25, -0.2) is 4.79 Å². The lowest BCUT2D eigenvalue weighted by Gasteiger charge is -2.29. The third-order valence-electron chi connectivity index (χ3n) is 6.61. The molecule has 0 saturated carbocycles. The molecule has 4 atom stereocenters. The monoisotopic (exact) mass is 576 g/mol. The molecule has 1 aromatic carbocycles. The highest BCUT2D eigenvalue weighted by molar-refractivity contribution is 6.32. The second-order valence-electron chi connectivity index (χ2n) is 11.1. The number of methoxy groups -OCH3 is 1. The molecule has 1 heterocycles. The van der Waals surface area contributed by atoms with Crippen LogP contribution in [0.4, 0.5) is 0 Å². The number of benzene rings is 1. The zero-order chi connectivity index (χ0) is 30.0. The molecule has 220 valence electrons. The molecule has 9 nitrogen and oxygen atoms in total. The minimum Gasteiger partial charge on any atom is -0.495 e. The van der Waals surface area contributed by atoms with Gasteiger partial charge in [0.25, 0.3) is 0 Å². The molecule has 2 amide bonds. The van der Waals surface area contributed by atoms with Crippen molar-refractivity contribution in [3.63, 3.8) is 0 Å². The number of esters is 2. The van der Waals surface area contributed by atoms with Crippen LogP contribution in [0.2, 0.25) is 5.02 Å². The lowest BCUT2D eigenvalue weighted by Crippen LogP contribution is -2.51. The van der Waals surface area contributed by atoms with Crippen LogP contribution < -0.4 is 15.4 Å². The van der Waals surface area contributed by atoms with Crippen molar-refractivity contribution in [3.05, 3.63) is 53.6 Å². The van der Waals surface area contributed by atoms with E-state index < -0.39 is 47.4 Å². The smallest absolute Gasteiger partial charge is 0.347 e. The Kier molecular flexibility index (Phi) is 12.2. The van der Waals surface area contributed by atoms with E-state index in [1.807, 2.05) is 20.8 Å². The fourth-order valence-electron chi connectivity index (χ4n) is 3.97. The lowest BCUT2D eigenvalue weighted by molar-refractivity contribution is -0.178. The summed E-state index contributed by atoms with van der Waals surface area (Å²) in [6, 6.07) is 4.14. The molecule has 10 heteroatoms. The van der Waals surface area contributed by atoms with Crippen molar-refractivity contribution in [3.8, 4) is 5.75 Å². The summed E-state index contributed by atoms with van der Waals surface area (Å²) in [5.41, 5.74) is -0.472. The van der Waals surface area contributed by atoms with E-state index >= 15 is 0 Å². The van der Waals surface area contributed by atoms with E-state index in [2.05, 4.69) is 17.2 Å². The molecule has 40 heavy (non-hydrogen) atoms. The van der Waals surface area contributed by atoms with E-state index in [1.54, 1.807) is 44.2 Å². The van der Waals surface area contributed by atoms with Gasteiger partial charge in [0, 0.05) is 25.3 Å². The maximum Gasteiger partial charge on any atom is 0.347 e. The van der Waals surface area contributed by atoms with Crippen LogP contribution in [0.1, 0.15) is 53.0 Å². The molecule has 1 aromatic rings. The third-order valence-corrected chi connectivity index (χ3v) is 6.90. The molecule has 0 aromatic heterocycles. The van der Waals surface area contributed by atoms with Gasteiger partial charge in [-0.1, -0.05) is 50.6 Å². The summed E-state index contributed by atoms with van der Waals surface area (Å²) in [4.78, 5) is 52.3. The summed E-state index contributed by atoms with van der Waals surface area (Å²) in [6.07, 6.45) is 3.41. The quantitative estimate of drug-likeness (QED) is 0.369. The number of rotatable bonds is 7. The molecule has 0 bridgehead atoms. The van der Waals surface area contributed by atoms with E-state index in [-0.39, 0.29) is 37.6 Å². The summed E-state index contributed by atoms with van der Waals surface area (Å²) in [5.74, 6) is -2.01. The number of carbonyl (C=O) groups is 4. The van der Waals surface area contributed by atoms with Gasteiger partial charge in [-0.3, -0.25) is 14.4 Å². The second-order valence-corrected chi connectivity index (χ2v) is 11.5. The van der Waals surface area contributed by atoms with Crippen molar-refractivity contribution in [2.45, 2.75) is 72.1 Å². The maximum atomic E-state index is 13.3. The van der Waals surface area contributed by atoms with Crippen LogP contribution in [0.15, 0.2) is 43.0 Å². The predicted octanol–water partition coefficient (Wildman–Crippen LogP) is 4.17. The predicted molar refractivity (Wildman–Crippen MR) is 153 cm³/mol. The van der Waals surface area contributed by atoms with Crippen molar-refractivity contribution in [2.75, 3.05) is 13.7 Å². The van der Waals surface area contributed by atoms with Gasteiger partial charge in [0.15, 0.2) is 6.10 Å². The van der Waals surface area contributed by atoms with E-state index in [1.165, 1.54) is 13.2 Å². The van der Waals surface area contributed by atoms with E-state index in [9.17, 15) is 19.2 Å². The van der Waals surface area contributed by atoms with Crippen molar-refractivity contribution in [2.24, 2.45) is 17.3 Å². The molecule has 0 spiro atoms. The largest absolute Gasteiger partial charge is 0.495 e. The van der Waals surface area contributed by atoms with Gasteiger partial charge in [-0.15, -0.1) is 6.58 Å². The zero-order valence-electron chi connectivity index (χ0n) is 24.1. The van der Waals surface area contributed by atoms with E-state index in [4.69, 9.17) is 25.8 Å². The average molecular weight is 577 g/mol. The highest BCUT2D eigenvalue weighted by Gasteiger charge is 2.36. The summed E-state index contributed by atoms with van der Waals surface area (Å²) in [5, 5.41) is 5.84. The molecule has 0 radical (unpaired) electrons. The van der Waals surface area contributed by atoms with Gasteiger partial charge in [0.1, 0.15) is 17.9 Å². The number of cyclic esters (lactones) is 2. The van der Waals surface area contributed by atoms with Crippen LogP contribution in [0.3, 0.4) is 0 Å². The molecule has 0 aliphatic carbocycles. The van der Waals surface area contributed by atoms with Gasteiger partial charge < -0.3 is 24.8 Å². The van der Waals surface area contributed by atoms with Gasteiger partial charge in [0.05, 0.1) is 17.5 Å². The van der Waals surface area contributed by atoms with Crippen LogP contribution >= 0.6 is 11.6 Å². The molecule has 0 fully saturated rings. The summed E-state index contributed by atoms with van der Waals surface area (Å²) >= 11 is 6.26. The Morgan fingerprint density at radius 2 is 1.88 bits per heavy atom. The van der Waals surface area contributed by atoms with Crippen LogP contribution in [0, 0.1) is 17.3 Å². The minimum absolute atomic E-state index is 0.0462. The fourth-order valence-corrected chi connectivity index (χ4v) is 4.25. The molecule has 2 rings (SSSR count). The Balaban J connectivity index is 2.41. The van der Waals surface area contributed by atoms with Gasteiger partial charge in [-0.2, -0.15) is 0 Å². The zero-order valence-corrected chi connectivity index (χ0v) is 24.9. The Bertz CT molecular complexity index is 1120. The minimum atomic E-state index is -1.17. The van der Waals surface area contributed by atoms with E-state index in [0.29, 0.717) is 16.3 Å². The number of amides is 2. The topological polar surface area (TPSA) is 120 Å². The molecule has 0 unspecified atom stereocenters. The van der Waals surface area contributed by atoms with Crippen molar-refractivity contribution in [1.29, 1.82) is 0 Å². The first-order valence-corrected chi connectivity index (χ1v) is 13.8. The number of hydrogen-bond acceptors (Lipinski definition) is 7. The van der Waals surface area contributed by atoms with Gasteiger partial charge in [0.2, 0.25) is 11.8 Å². The Hall–Kier alpha value is -3.33. The van der Waals surface area contributed by atoms with Gasteiger partial charge >= 0.3 is 11.9 Å². The lowest BCUT2D eigenvalue weighted by atomic mass is 9.93. The Labute approximate surface area is 241 Å². The van der Waals surface area contributed by atoms with E-state index in [0.717, 1.165) is 0 Å². The van der Waals surface area contributed by atoms with Crippen LogP contribution in [0.5, 0.6) is 5.75 Å². The van der Waals surface area contributed by atoms with Crippen LogP contribution in [0.25, 0.3) is 0 Å². The SMILES string of the molecule is C=C[C@@H](C)[C@@H]1CC=CC(=O)N[C@@H](Cc2ccc(OC)c(Cl)c2)C(=O)NCC(C)(C)C(=O)O[C@@H](CC(C)C)C(=O)O1. The average Bonchev–Trinajstić information content (AvgIpc) is 2.89. The second kappa shape index (κ2) is 14.9. The third kappa shape index (κ3) is 9.70. The molecule has 2 N–H and O–H groups in total. The number of hydrogen-bond donors (Lipinski definition) is 2. The van der Waals surface area contributed by atoms with Crippen LogP contribution in [-0.4, -0.2) is 55.7 Å². The maximum absolute atomic E-state index is 13.3. The first-order chi connectivity index (χ1) is 18.8. The molecule has 1 aliphatic heterocycles. The first kappa shape index (κ1) is 32.9. The Morgan fingerprint density at radius 1 is 1.18 bits per heavy atom. The normalized spacial score (nSPS) is 23.4. The van der Waals surface area contributed by atoms with Crippen molar-refractivity contribution in [1.82, 2.24) is 10.6 Å². The number of ether oxygens (including phenoxy) is 3. The van der Waals surface area contributed by atoms with Crippen LogP contribution in [-0.2, 0) is 35.1 Å². The van der Waals surface area contributed by atoms with Crippen molar-refractivity contribution >= 4 is 35.4 Å². The van der Waals surface area contributed by atoms with Crippen molar-refractivity contribution < 1.29 is 33.4 Å².